The molecule has 0 bridgehead atoms. The largest absolute Gasteiger partial charge is 0.314 e. The minimum absolute atomic E-state index is 0.295. The van der Waals surface area contributed by atoms with Crippen LogP contribution in [0.3, 0.4) is 0 Å². The minimum Gasteiger partial charge on any atom is -0.314 e. The standard InChI is InChI=1S/C13H20N2OS/c1-10-3-8-17-13(10)12(16)9-11(2)15-6-4-14-5-7-15/h3,8,11,14H,4-7,9H2,1-2H3. The third kappa shape index (κ3) is 3.15. The van der Waals surface area contributed by atoms with E-state index in [2.05, 4.69) is 17.1 Å². The minimum atomic E-state index is 0.295. The lowest BCUT2D eigenvalue weighted by molar-refractivity contribution is 0.0921. The first-order chi connectivity index (χ1) is 8.18. The molecule has 4 heteroatoms. The molecule has 1 aromatic rings. The van der Waals surface area contributed by atoms with Crippen molar-refractivity contribution in [2.24, 2.45) is 0 Å². The summed E-state index contributed by atoms with van der Waals surface area (Å²) in [5, 5.41) is 5.33. The number of Topliss-reactive ketones (excluding diaryl/α,β-unsaturated/α-hetero) is 1. The van der Waals surface area contributed by atoms with Crippen LogP contribution in [0.1, 0.15) is 28.6 Å². The number of thiophene rings is 1. The van der Waals surface area contributed by atoms with Crippen molar-refractivity contribution in [1.29, 1.82) is 0 Å². The second-order valence-electron chi connectivity index (χ2n) is 4.70. The number of nitrogens with zero attached hydrogens (tertiary/aromatic N) is 1. The number of hydrogen-bond donors (Lipinski definition) is 1. The molecule has 0 radical (unpaired) electrons. The fraction of sp³-hybridized carbons (Fsp3) is 0.615. The quantitative estimate of drug-likeness (QED) is 0.831. The Bertz CT molecular complexity index is 383. The third-order valence-corrected chi connectivity index (χ3v) is 4.43. The molecule has 2 heterocycles. The summed E-state index contributed by atoms with van der Waals surface area (Å²) in [4.78, 5) is 15.5. The number of nitrogens with one attached hydrogen (secondary N) is 1. The van der Waals surface area contributed by atoms with Crippen LogP contribution in [0.25, 0.3) is 0 Å². The number of carbonyl (C=O) groups excluding carboxylic acids is 1. The Labute approximate surface area is 107 Å². The Hall–Kier alpha value is -0.710. The molecular weight excluding hydrogens is 232 g/mol. The first-order valence-corrected chi connectivity index (χ1v) is 7.08. The van der Waals surface area contributed by atoms with Gasteiger partial charge in [-0.2, -0.15) is 0 Å². The van der Waals surface area contributed by atoms with Crippen LogP contribution in [0.15, 0.2) is 11.4 Å². The van der Waals surface area contributed by atoms with E-state index in [9.17, 15) is 4.79 Å². The SMILES string of the molecule is Cc1ccsc1C(=O)CC(C)N1CCNCC1. The number of hydrogen-bond acceptors (Lipinski definition) is 4. The van der Waals surface area contributed by atoms with Crippen molar-refractivity contribution < 1.29 is 4.79 Å². The van der Waals surface area contributed by atoms with Crippen LogP contribution in [0, 0.1) is 6.92 Å². The molecule has 1 atom stereocenters. The summed E-state index contributed by atoms with van der Waals surface area (Å²) < 4.78 is 0. The predicted octanol–water partition coefficient (Wildman–Crippen LogP) is 1.92. The number of ketones is 1. The third-order valence-electron chi connectivity index (χ3n) is 3.37. The number of piperazine rings is 1. The van der Waals surface area contributed by atoms with Crippen molar-refractivity contribution in [2.75, 3.05) is 26.2 Å². The number of carbonyl (C=O) groups is 1. The summed E-state index contributed by atoms with van der Waals surface area (Å²) in [5.74, 6) is 0.295. The highest BCUT2D eigenvalue weighted by molar-refractivity contribution is 7.12. The monoisotopic (exact) mass is 252 g/mol. The van der Waals surface area contributed by atoms with Crippen molar-refractivity contribution in [1.82, 2.24) is 10.2 Å². The zero-order chi connectivity index (χ0) is 12.3. The van der Waals surface area contributed by atoms with Crippen molar-refractivity contribution in [3.05, 3.63) is 21.9 Å². The Morgan fingerprint density at radius 2 is 2.24 bits per heavy atom. The maximum atomic E-state index is 12.1. The van der Waals surface area contributed by atoms with E-state index >= 15 is 0 Å². The van der Waals surface area contributed by atoms with Gasteiger partial charge in [0, 0.05) is 38.6 Å². The fourth-order valence-corrected chi connectivity index (χ4v) is 3.15. The van der Waals surface area contributed by atoms with Crippen LogP contribution in [-0.2, 0) is 0 Å². The van der Waals surface area contributed by atoms with E-state index in [1.165, 1.54) is 0 Å². The molecule has 1 aliphatic heterocycles. The van der Waals surface area contributed by atoms with Crippen molar-refractivity contribution >= 4 is 17.1 Å². The van der Waals surface area contributed by atoms with E-state index in [1.54, 1.807) is 11.3 Å². The highest BCUT2D eigenvalue weighted by atomic mass is 32.1. The van der Waals surface area contributed by atoms with E-state index in [0.29, 0.717) is 18.2 Å². The molecule has 17 heavy (non-hydrogen) atoms. The van der Waals surface area contributed by atoms with Gasteiger partial charge in [-0.25, -0.2) is 0 Å². The molecule has 1 saturated heterocycles. The van der Waals surface area contributed by atoms with Gasteiger partial charge in [0.2, 0.25) is 0 Å². The molecule has 94 valence electrons. The first-order valence-electron chi connectivity index (χ1n) is 6.20. The van der Waals surface area contributed by atoms with Gasteiger partial charge in [-0.1, -0.05) is 0 Å². The van der Waals surface area contributed by atoms with E-state index < -0.39 is 0 Å². The van der Waals surface area contributed by atoms with Gasteiger partial charge >= 0.3 is 0 Å². The Balaban J connectivity index is 1.92. The van der Waals surface area contributed by atoms with Crippen molar-refractivity contribution in [3.8, 4) is 0 Å². The maximum absolute atomic E-state index is 12.1. The van der Waals surface area contributed by atoms with Crippen LogP contribution in [0.5, 0.6) is 0 Å². The van der Waals surface area contributed by atoms with Gasteiger partial charge in [-0.05, 0) is 30.9 Å². The maximum Gasteiger partial charge on any atom is 0.174 e. The fourth-order valence-electron chi connectivity index (χ4n) is 2.27. The molecule has 1 fully saturated rings. The highest BCUT2D eigenvalue weighted by Gasteiger charge is 2.20. The average Bonchev–Trinajstić information content (AvgIpc) is 2.76. The number of rotatable bonds is 4. The summed E-state index contributed by atoms with van der Waals surface area (Å²) in [6, 6.07) is 2.37. The smallest absolute Gasteiger partial charge is 0.174 e. The lowest BCUT2D eigenvalue weighted by Gasteiger charge is -2.32. The van der Waals surface area contributed by atoms with Crippen LogP contribution in [-0.4, -0.2) is 42.9 Å². The zero-order valence-electron chi connectivity index (χ0n) is 10.5. The topological polar surface area (TPSA) is 32.3 Å². The molecule has 0 spiro atoms. The summed E-state index contributed by atoms with van der Waals surface area (Å²) >= 11 is 1.57. The Morgan fingerprint density at radius 3 is 2.82 bits per heavy atom. The lowest BCUT2D eigenvalue weighted by atomic mass is 10.1. The van der Waals surface area contributed by atoms with E-state index in [0.717, 1.165) is 36.6 Å². The lowest BCUT2D eigenvalue weighted by Crippen LogP contribution is -2.48. The Kier molecular flexibility index (Phi) is 4.31. The van der Waals surface area contributed by atoms with Crippen LogP contribution in [0.4, 0.5) is 0 Å². The van der Waals surface area contributed by atoms with Gasteiger partial charge < -0.3 is 5.32 Å². The van der Waals surface area contributed by atoms with Crippen molar-refractivity contribution in [3.63, 3.8) is 0 Å². The highest BCUT2D eigenvalue weighted by Crippen LogP contribution is 2.19. The summed E-state index contributed by atoms with van der Waals surface area (Å²) in [7, 11) is 0. The van der Waals surface area contributed by atoms with E-state index in [4.69, 9.17) is 0 Å². The van der Waals surface area contributed by atoms with Gasteiger partial charge in [-0.3, -0.25) is 9.69 Å². The van der Waals surface area contributed by atoms with Crippen molar-refractivity contribution in [2.45, 2.75) is 26.3 Å². The summed E-state index contributed by atoms with van der Waals surface area (Å²) in [6.07, 6.45) is 0.640. The molecular formula is C13H20N2OS. The summed E-state index contributed by atoms with van der Waals surface area (Å²) in [5.41, 5.74) is 1.12. The van der Waals surface area contributed by atoms with E-state index in [-0.39, 0.29) is 0 Å². The molecule has 1 aliphatic rings. The molecule has 1 N–H and O–H groups in total. The molecule has 2 rings (SSSR count). The molecule has 1 aromatic heterocycles. The van der Waals surface area contributed by atoms with Crippen LogP contribution >= 0.6 is 11.3 Å². The molecule has 1 unspecified atom stereocenters. The van der Waals surface area contributed by atoms with Gasteiger partial charge in [-0.15, -0.1) is 11.3 Å². The van der Waals surface area contributed by atoms with Gasteiger partial charge in [0.15, 0.2) is 5.78 Å². The summed E-state index contributed by atoms with van der Waals surface area (Å²) in [6.45, 7) is 8.36. The van der Waals surface area contributed by atoms with E-state index in [1.807, 2.05) is 18.4 Å². The number of aryl methyl sites for hydroxylation is 1. The second kappa shape index (κ2) is 5.76. The zero-order valence-corrected chi connectivity index (χ0v) is 11.3. The Morgan fingerprint density at radius 1 is 1.53 bits per heavy atom. The predicted molar refractivity (Wildman–Crippen MR) is 71.9 cm³/mol. The normalized spacial score (nSPS) is 19.2. The molecule has 3 nitrogen and oxygen atoms in total. The van der Waals surface area contributed by atoms with Crippen LogP contribution < -0.4 is 5.32 Å². The molecule has 0 aliphatic carbocycles. The van der Waals surface area contributed by atoms with Crippen LogP contribution in [0.2, 0.25) is 0 Å². The van der Waals surface area contributed by atoms with Gasteiger partial charge in [0.05, 0.1) is 4.88 Å². The second-order valence-corrected chi connectivity index (χ2v) is 5.61. The first kappa shape index (κ1) is 12.7. The molecule has 0 amide bonds. The molecule has 0 aromatic carbocycles. The average molecular weight is 252 g/mol. The molecule has 0 saturated carbocycles. The van der Waals surface area contributed by atoms with Gasteiger partial charge in [0.1, 0.15) is 0 Å². The van der Waals surface area contributed by atoms with Gasteiger partial charge in [0.25, 0.3) is 0 Å².